The standard InChI is InChI=1S/C14H27NO2/c16-11-13-6-2-1-5-12(13)9-15-10-14-7-3-4-8-17-14/h12-16H,1-11H2. The Bertz CT molecular complexity index is 204. The van der Waals surface area contributed by atoms with Gasteiger partial charge in [-0.1, -0.05) is 12.8 Å². The van der Waals surface area contributed by atoms with Gasteiger partial charge in [0.2, 0.25) is 0 Å². The first-order chi connectivity index (χ1) is 8.40. The summed E-state index contributed by atoms with van der Waals surface area (Å²) in [6.45, 7) is 3.36. The fraction of sp³-hybridized carbons (Fsp3) is 1.00. The summed E-state index contributed by atoms with van der Waals surface area (Å²) in [5.41, 5.74) is 0. The monoisotopic (exact) mass is 241 g/mol. The first-order valence-electron chi connectivity index (χ1n) is 7.33. The van der Waals surface area contributed by atoms with Crippen molar-refractivity contribution in [3.8, 4) is 0 Å². The molecule has 3 nitrogen and oxygen atoms in total. The third-order valence-corrected chi connectivity index (χ3v) is 4.35. The Morgan fingerprint density at radius 1 is 0.941 bits per heavy atom. The van der Waals surface area contributed by atoms with E-state index >= 15 is 0 Å². The van der Waals surface area contributed by atoms with Crippen molar-refractivity contribution in [2.75, 3.05) is 26.3 Å². The second kappa shape index (κ2) is 7.34. The molecule has 0 spiro atoms. The fourth-order valence-corrected chi connectivity index (χ4v) is 3.19. The number of ether oxygens (including phenoxy) is 1. The molecule has 17 heavy (non-hydrogen) atoms. The molecule has 1 saturated carbocycles. The molecule has 0 radical (unpaired) electrons. The molecule has 0 amide bonds. The van der Waals surface area contributed by atoms with E-state index in [0.29, 0.717) is 24.5 Å². The summed E-state index contributed by atoms with van der Waals surface area (Å²) >= 11 is 0. The van der Waals surface area contributed by atoms with E-state index in [1.54, 1.807) is 0 Å². The van der Waals surface area contributed by atoms with Gasteiger partial charge in [-0.25, -0.2) is 0 Å². The molecule has 1 heterocycles. The number of nitrogens with one attached hydrogen (secondary N) is 1. The second-order valence-corrected chi connectivity index (χ2v) is 5.63. The molecule has 2 aliphatic rings. The molecule has 0 aromatic rings. The van der Waals surface area contributed by atoms with E-state index < -0.39 is 0 Å². The van der Waals surface area contributed by atoms with Gasteiger partial charge in [0.05, 0.1) is 6.10 Å². The van der Waals surface area contributed by atoms with Crippen LogP contribution in [0, 0.1) is 11.8 Å². The van der Waals surface area contributed by atoms with Gasteiger partial charge in [-0.2, -0.15) is 0 Å². The van der Waals surface area contributed by atoms with Crippen LogP contribution in [0.1, 0.15) is 44.9 Å². The highest BCUT2D eigenvalue weighted by molar-refractivity contribution is 4.77. The largest absolute Gasteiger partial charge is 0.396 e. The third-order valence-electron chi connectivity index (χ3n) is 4.35. The number of aliphatic hydroxyl groups excluding tert-OH is 1. The van der Waals surface area contributed by atoms with E-state index in [2.05, 4.69) is 5.32 Å². The first kappa shape index (κ1) is 13.3. The predicted molar refractivity (Wildman–Crippen MR) is 69.0 cm³/mol. The fourth-order valence-electron chi connectivity index (χ4n) is 3.19. The van der Waals surface area contributed by atoms with Crippen molar-refractivity contribution in [1.29, 1.82) is 0 Å². The molecule has 3 unspecified atom stereocenters. The SMILES string of the molecule is OCC1CCCCC1CNCC1CCCCO1. The lowest BCUT2D eigenvalue weighted by Crippen LogP contribution is -2.37. The zero-order valence-corrected chi connectivity index (χ0v) is 10.9. The van der Waals surface area contributed by atoms with Crippen molar-refractivity contribution in [3.05, 3.63) is 0 Å². The van der Waals surface area contributed by atoms with Crippen LogP contribution < -0.4 is 5.32 Å². The smallest absolute Gasteiger partial charge is 0.0699 e. The maximum absolute atomic E-state index is 9.36. The van der Waals surface area contributed by atoms with Crippen LogP contribution in [0.3, 0.4) is 0 Å². The molecule has 0 aromatic heterocycles. The average molecular weight is 241 g/mol. The van der Waals surface area contributed by atoms with Crippen LogP contribution in [-0.2, 0) is 4.74 Å². The third kappa shape index (κ3) is 4.23. The number of aliphatic hydroxyl groups is 1. The number of rotatable bonds is 5. The predicted octanol–water partition coefficient (Wildman–Crippen LogP) is 1.94. The van der Waals surface area contributed by atoms with Crippen molar-refractivity contribution in [1.82, 2.24) is 5.32 Å². The van der Waals surface area contributed by atoms with Crippen LogP contribution in [0.4, 0.5) is 0 Å². The van der Waals surface area contributed by atoms with Gasteiger partial charge in [-0.3, -0.25) is 0 Å². The molecule has 3 heteroatoms. The summed E-state index contributed by atoms with van der Waals surface area (Å²) in [5, 5.41) is 12.9. The summed E-state index contributed by atoms with van der Waals surface area (Å²) < 4.78 is 5.71. The van der Waals surface area contributed by atoms with Crippen LogP contribution in [-0.4, -0.2) is 37.5 Å². The van der Waals surface area contributed by atoms with Crippen molar-refractivity contribution in [2.24, 2.45) is 11.8 Å². The van der Waals surface area contributed by atoms with E-state index in [1.807, 2.05) is 0 Å². The Labute approximate surface area is 105 Å². The maximum atomic E-state index is 9.36. The summed E-state index contributed by atoms with van der Waals surface area (Å²) in [7, 11) is 0. The zero-order chi connectivity index (χ0) is 11.9. The number of hydrogen-bond acceptors (Lipinski definition) is 3. The van der Waals surface area contributed by atoms with Gasteiger partial charge in [-0.15, -0.1) is 0 Å². The molecule has 1 saturated heterocycles. The van der Waals surface area contributed by atoms with Gasteiger partial charge >= 0.3 is 0 Å². The Morgan fingerprint density at radius 2 is 1.71 bits per heavy atom. The van der Waals surface area contributed by atoms with Gasteiger partial charge in [0.1, 0.15) is 0 Å². The minimum absolute atomic E-state index is 0.367. The molecule has 100 valence electrons. The topological polar surface area (TPSA) is 41.5 Å². The lowest BCUT2D eigenvalue weighted by atomic mass is 9.79. The molecule has 2 N–H and O–H groups in total. The summed E-state index contributed by atoms with van der Waals surface area (Å²) in [5.74, 6) is 1.21. The van der Waals surface area contributed by atoms with Crippen LogP contribution in [0.15, 0.2) is 0 Å². The minimum atomic E-state index is 0.367. The Kier molecular flexibility index (Phi) is 5.75. The highest BCUT2D eigenvalue weighted by Gasteiger charge is 2.24. The first-order valence-corrected chi connectivity index (χ1v) is 7.33. The van der Waals surface area contributed by atoms with Crippen molar-refractivity contribution < 1.29 is 9.84 Å². The average Bonchev–Trinajstić information content (AvgIpc) is 2.40. The molecular weight excluding hydrogens is 214 g/mol. The Morgan fingerprint density at radius 3 is 2.41 bits per heavy atom. The molecular formula is C14H27NO2. The Balaban J connectivity index is 1.62. The summed E-state index contributed by atoms with van der Waals surface area (Å²) in [4.78, 5) is 0. The summed E-state index contributed by atoms with van der Waals surface area (Å²) in [6.07, 6.45) is 9.31. The zero-order valence-electron chi connectivity index (χ0n) is 10.9. The highest BCUT2D eigenvalue weighted by atomic mass is 16.5. The molecule has 1 aliphatic carbocycles. The van der Waals surface area contributed by atoms with Crippen molar-refractivity contribution in [2.45, 2.75) is 51.0 Å². The normalized spacial score (nSPS) is 34.8. The van der Waals surface area contributed by atoms with Gasteiger partial charge in [0.15, 0.2) is 0 Å². The van der Waals surface area contributed by atoms with Gasteiger partial charge < -0.3 is 15.2 Å². The van der Waals surface area contributed by atoms with Gasteiger partial charge in [-0.05, 0) is 50.5 Å². The van der Waals surface area contributed by atoms with E-state index in [4.69, 9.17) is 4.74 Å². The molecule has 2 rings (SSSR count). The van der Waals surface area contributed by atoms with Gasteiger partial charge in [0, 0.05) is 19.8 Å². The minimum Gasteiger partial charge on any atom is -0.396 e. The Hall–Kier alpha value is -0.120. The second-order valence-electron chi connectivity index (χ2n) is 5.63. The van der Waals surface area contributed by atoms with Crippen molar-refractivity contribution >= 4 is 0 Å². The van der Waals surface area contributed by atoms with E-state index in [9.17, 15) is 5.11 Å². The lowest BCUT2D eigenvalue weighted by Gasteiger charge is -2.31. The van der Waals surface area contributed by atoms with Crippen LogP contribution in [0.5, 0.6) is 0 Å². The number of hydrogen-bond donors (Lipinski definition) is 2. The molecule has 0 bridgehead atoms. The van der Waals surface area contributed by atoms with Crippen molar-refractivity contribution in [3.63, 3.8) is 0 Å². The van der Waals surface area contributed by atoms with E-state index in [-0.39, 0.29) is 0 Å². The molecule has 0 aromatic carbocycles. The molecule has 2 fully saturated rings. The van der Waals surface area contributed by atoms with E-state index in [1.165, 1.54) is 44.9 Å². The maximum Gasteiger partial charge on any atom is 0.0699 e. The van der Waals surface area contributed by atoms with Gasteiger partial charge in [0.25, 0.3) is 0 Å². The highest BCUT2D eigenvalue weighted by Crippen LogP contribution is 2.29. The molecule has 3 atom stereocenters. The van der Waals surface area contributed by atoms with Crippen LogP contribution in [0.25, 0.3) is 0 Å². The quantitative estimate of drug-likeness (QED) is 0.773. The van der Waals surface area contributed by atoms with Crippen LogP contribution in [0.2, 0.25) is 0 Å². The summed E-state index contributed by atoms with van der Waals surface area (Å²) in [6, 6.07) is 0. The lowest BCUT2D eigenvalue weighted by molar-refractivity contribution is 0.0153. The molecule has 1 aliphatic heterocycles. The van der Waals surface area contributed by atoms with E-state index in [0.717, 1.165) is 19.7 Å². The van der Waals surface area contributed by atoms with Crippen LogP contribution >= 0.6 is 0 Å².